The van der Waals surface area contributed by atoms with Crippen LogP contribution in [0.15, 0.2) is 40.8 Å². The minimum Gasteiger partial charge on any atom is -0.454 e. The van der Waals surface area contributed by atoms with Crippen LogP contribution in [0.1, 0.15) is 23.2 Å². The van der Waals surface area contributed by atoms with E-state index in [4.69, 9.17) is 18.6 Å². The van der Waals surface area contributed by atoms with E-state index in [1.807, 2.05) is 18.2 Å². The first-order valence-electron chi connectivity index (χ1n) is 9.67. The number of benzene rings is 2. The van der Waals surface area contributed by atoms with E-state index in [1.54, 1.807) is 18.2 Å². The van der Waals surface area contributed by atoms with Gasteiger partial charge in [0.05, 0.1) is 18.8 Å². The van der Waals surface area contributed by atoms with E-state index in [1.165, 1.54) is 0 Å². The van der Waals surface area contributed by atoms with E-state index in [2.05, 4.69) is 15.2 Å². The Morgan fingerprint density at radius 2 is 2.00 bits per heavy atom. The number of nitrogens with one attached hydrogen (secondary N) is 1. The van der Waals surface area contributed by atoms with Crippen molar-refractivity contribution < 1.29 is 23.4 Å². The number of nitrogens with zero attached hydrogens (tertiary/aromatic N) is 2. The van der Waals surface area contributed by atoms with Gasteiger partial charge in [-0.05, 0) is 49.2 Å². The molecule has 1 spiro atoms. The molecule has 2 aromatic carbocycles. The Hall–Kier alpha value is -3.26. The minimum atomic E-state index is -0.225. The SMILES string of the molecule is O=C(Nc1ccc2oc(N3CCCC34COC4)nc2c1)c1ccc2c(c1)OCO2. The highest BCUT2D eigenvalue weighted by Crippen LogP contribution is 2.40. The van der Waals surface area contributed by atoms with Gasteiger partial charge in [-0.25, -0.2) is 0 Å². The molecular weight excluding hydrogens is 374 g/mol. The largest absolute Gasteiger partial charge is 0.454 e. The Morgan fingerprint density at radius 1 is 1.10 bits per heavy atom. The van der Waals surface area contributed by atoms with Gasteiger partial charge in [-0.15, -0.1) is 0 Å². The maximum atomic E-state index is 12.6. The first kappa shape index (κ1) is 16.7. The number of amides is 1. The second kappa shape index (κ2) is 6.12. The van der Waals surface area contributed by atoms with Crippen molar-refractivity contribution in [2.75, 3.05) is 36.8 Å². The number of carbonyl (C=O) groups is 1. The summed E-state index contributed by atoms with van der Waals surface area (Å²) >= 11 is 0. The van der Waals surface area contributed by atoms with Crippen molar-refractivity contribution in [2.24, 2.45) is 0 Å². The summed E-state index contributed by atoms with van der Waals surface area (Å²) in [5, 5.41) is 2.91. The van der Waals surface area contributed by atoms with Gasteiger partial charge in [-0.2, -0.15) is 4.98 Å². The highest BCUT2D eigenvalue weighted by Gasteiger charge is 2.49. The topological polar surface area (TPSA) is 86.1 Å². The molecule has 0 unspecified atom stereocenters. The number of carbonyl (C=O) groups excluding carboxylic acids is 1. The molecule has 1 aromatic heterocycles. The molecule has 29 heavy (non-hydrogen) atoms. The van der Waals surface area contributed by atoms with Gasteiger partial charge in [0, 0.05) is 17.8 Å². The van der Waals surface area contributed by atoms with Gasteiger partial charge >= 0.3 is 0 Å². The molecule has 0 aliphatic carbocycles. The zero-order valence-electron chi connectivity index (χ0n) is 15.6. The van der Waals surface area contributed by atoms with Crippen LogP contribution in [-0.2, 0) is 4.74 Å². The Balaban J connectivity index is 1.25. The summed E-state index contributed by atoms with van der Waals surface area (Å²) < 4.78 is 22.1. The second-order valence-electron chi connectivity index (χ2n) is 7.67. The van der Waals surface area contributed by atoms with Crippen LogP contribution in [0.5, 0.6) is 11.5 Å². The summed E-state index contributed by atoms with van der Waals surface area (Å²) in [6.07, 6.45) is 2.21. The molecule has 148 valence electrons. The van der Waals surface area contributed by atoms with Crippen LogP contribution < -0.4 is 19.7 Å². The number of oxazole rings is 1. The maximum absolute atomic E-state index is 12.6. The molecule has 3 aliphatic heterocycles. The molecule has 2 saturated heterocycles. The third-order valence-corrected chi connectivity index (χ3v) is 5.84. The predicted molar refractivity (Wildman–Crippen MR) is 105 cm³/mol. The number of rotatable bonds is 3. The molecule has 8 nitrogen and oxygen atoms in total. The van der Waals surface area contributed by atoms with Crippen LogP contribution in [-0.4, -0.2) is 43.0 Å². The lowest BCUT2D eigenvalue weighted by molar-refractivity contribution is -0.0520. The van der Waals surface area contributed by atoms with Crippen LogP contribution in [0.3, 0.4) is 0 Å². The molecule has 1 amide bonds. The number of ether oxygens (including phenoxy) is 3. The van der Waals surface area contributed by atoms with Crippen LogP contribution in [0, 0.1) is 0 Å². The lowest BCUT2D eigenvalue weighted by Gasteiger charge is -2.44. The van der Waals surface area contributed by atoms with Crippen LogP contribution in [0.4, 0.5) is 11.7 Å². The lowest BCUT2D eigenvalue weighted by atomic mass is 9.94. The smallest absolute Gasteiger partial charge is 0.299 e. The first-order chi connectivity index (χ1) is 14.2. The number of hydrogen-bond donors (Lipinski definition) is 1. The van der Waals surface area contributed by atoms with Crippen molar-refractivity contribution in [2.45, 2.75) is 18.4 Å². The average molecular weight is 393 g/mol. The molecule has 1 N–H and O–H groups in total. The normalized spacial score (nSPS) is 19.0. The summed E-state index contributed by atoms with van der Waals surface area (Å²) in [6, 6.07) is 11.2. The summed E-state index contributed by atoms with van der Waals surface area (Å²) in [6.45, 7) is 2.55. The van der Waals surface area contributed by atoms with Gasteiger partial charge in [-0.1, -0.05) is 0 Å². The highest BCUT2D eigenvalue weighted by atomic mass is 16.7. The summed E-state index contributed by atoms with van der Waals surface area (Å²) in [7, 11) is 0. The van der Waals surface area contributed by atoms with Crippen molar-refractivity contribution in [1.29, 1.82) is 0 Å². The second-order valence-corrected chi connectivity index (χ2v) is 7.67. The van der Waals surface area contributed by atoms with Gasteiger partial charge in [0.2, 0.25) is 6.79 Å². The van der Waals surface area contributed by atoms with Crippen molar-refractivity contribution in [3.63, 3.8) is 0 Å². The molecule has 0 saturated carbocycles. The fraction of sp³-hybridized carbons (Fsp3) is 0.333. The molecule has 3 aliphatic rings. The number of anilines is 2. The zero-order chi connectivity index (χ0) is 19.4. The summed E-state index contributed by atoms with van der Waals surface area (Å²) in [4.78, 5) is 19.5. The number of fused-ring (bicyclic) bond motifs is 2. The summed E-state index contributed by atoms with van der Waals surface area (Å²) in [5.41, 5.74) is 2.61. The molecule has 0 atom stereocenters. The Morgan fingerprint density at radius 3 is 2.86 bits per heavy atom. The van der Waals surface area contributed by atoms with Crippen LogP contribution in [0.2, 0.25) is 0 Å². The lowest BCUT2D eigenvalue weighted by Crippen LogP contribution is -2.59. The minimum absolute atomic E-state index is 0.0390. The fourth-order valence-electron chi connectivity index (χ4n) is 4.22. The first-order valence-corrected chi connectivity index (χ1v) is 9.67. The van der Waals surface area contributed by atoms with Gasteiger partial charge < -0.3 is 28.8 Å². The van der Waals surface area contributed by atoms with Crippen molar-refractivity contribution in [3.8, 4) is 11.5 Å². The van der Waals surface area contributed by atoms with E-state index in [0.29, 0.717) is 39.9 Å². The standard InChI is InChI=1S/C21H19N3O5/c25-19(13-2-4-17-18(8-13)28-12-27-17)22-14-3-5-16-15(9-14)23-20(29-16)24-7-1-6-21(24)10-26-11-21/h2-5,8-9H,1,6-7,10-12H2,(H,22,25). The third-order valence-electron chi connectivity index (χ3n) is 5.84. The average Bonchev–Trinajstić information content (AvgIpc) is 3.42. The van der Waals surface area contributed by atoms with Gasteiger partial charge in [0.25, 0.3) is 11.9 Å². The molecular formula is C21H19N3O5. The highest BCUT2D eigenvalue weighted by molar-refractivity contribution is 6.05. The van der Waals surface area contributed by atoms with Gasteiger partial charge in [-0.3, -0.25) is 4.79 Å². The molecule has 6 rings (SSSR count). The quantitative estimate of drug-likeness (QED) is 0.731. The van der Waals surface area contributed by atoms with E-state index < -0.39 is 0 Å². The van der Waals surface area contributed by atoms with E-state index in [-0.39, 0.29) is 18.2 Å². The zero-order valence-corrected chi connectivity index (χ0v) is 15.6. The third kappa shape index (κ3) is 2.63. The number of hydrogen-bond acceptors (Lipinski definition) is 7. The van der Waals surface area contributed by atoms with Gasteiger partial charge in [0.15, 0.2) is 17.1 Å². The van der Waals surface area contributed by atoms with Gasteiger partial charge in [0.1, 0.15) is 5.52 Å². The molecule has 0 bridgehead atoms. The fourth-order valence-corrected chi connectivity index (χ4v) is 4.22. The van der Waals surface area contributed by atoms with Crippen LogP contribution in [0.25, 0.3) is 11.1 Å². The number of aromatic nitrogens is 1. The van der Waals surface area contributed by atoms with Crippen molar-refractivity contribution in [3.05, 3.63) is 42.0 Å². The Bertz CT molecular complexity index is 1120. The monoisotopic (exact) mass is 393 g/mol. The van der Waals surface area contributed by atoms with E-state index >= 15 is 0 Å². The molecule has 3 aromatic rings. The predicted octanol–water partition coefficient (Wildman–Crippen LogP) is 3.18. The Labute approximate surface area is 166 Å². The van der Waals surface area contributed by atoms with E-state index in [9.17, 15) is 4.79 Å². The molecule has 8 heteroatoms. The molecule has 0 radical (unpaired) electrons. The molecule has 4 heterocycles. The van der Waals surface area contributed by atoms with Crippen molar-refractivity contribution >= 4 is 28.7 Å². The molecule has 2 fully saturated rings. The van der Waals surface area contributed by atoms with Crippen LogP contribution >= 0.6 is 0 Å². The van der Waals surface area contributed by atoms with Crippen molar-refractivity contribution in [1.82, 2.24) is 4.98 Å². The van der Waals surface area contributed by atoms with E-state index in [0.717, 1.165) is 32.6 Å². The summed E-state index contributed by atoms with van der Waals surface area (Å²) in [5.74, 6) is 1.000. The maximum Gasteiger partial charge on any atom is 0.299 e. The Kier molecular flexibility index (Phi) is 3.52.